The zero-order chi connectivity index (χ0) is 15.4. The summed E-state index contributed by atoms with van der Waals surface area (Å²) in [7, 11) is 3.70. The van der Waals surface area contributed by atoms with Gasteiger partial charge in [0.15, 0.2) is 11.4 Å². The van der Waals surface area contributed by atoms with Crippen LogP contribution in [0.5, 0.6) is 5.75 Å². The first kappa shape index (κ1) is 15.5. The van der Waals surface area contributed by atoms with Crippen molar-refractivity contribution in [3.8, 4) is 5.75 Å². The van der Waals surface area contributed by atoms with Crippen molar-refractivity contribution in [2.75, 3.05) is 19.1 Å². The molecule has 0 radical (unpaired) electrons. The van der Waals surface area contributed by atoms with Crippen molar-refractivity contribution in [3.63, 3.8) is 0 Å². The minimum Gasteiger partial charge on any atom is -0.496 e. The van der Waals surface area contributed by atoms with Gasteiger partial charge in [0.2, 0.25) is 0 Å². The monoisotopic (exact) mass is 304 g/mol. The first-order valence-electron chi connectivity index (χ1n) is 6.84. The molecule has 21 heavy (non-hydrogen) atoms. The number of ether oxygens (including phenoxy) is 1. The van der Waals surface area contributed by atoms with Crippen molar-refractivity contribution >= 4 is 22.8 Å². The molecule has 0 aliphatic heterocycles. The lowest BCUT2D eigenvalue weighted by molar-refractivity contribution is 0.112. The maximum Gasteiger partial charge on any atom is 0.186 e. The Balaban J connectivity index is 2.15. The van der Waals surface area contributed by atoms with Gasteiger partial charge < -0.3 is 9.64 Å². The van der Waals surface area contributed by atoms with Gasteiger partial charge in [0.1, 0.15) is 5.75 Å². The van der Waals surface area contributed by atoms with Gasteiger partial charge >= 0.3 is 0 Å². The van der Waals surface area contributed by atoms with Crippen LogP contribution in [0, 0.1) is 6.92 Å². The first-order chi connectivity index (χ1) is 10.1. The smallest absolute Gasteiger partial charge is 0.186 e. The van der Waals surface area contributed by atoms with Crippen LogP contribution in [-0.2, 0) is 6.42 Å². The van der Waals surface area contributed by atoms with Gasteiger partial charge in [-0.2, -0.15) is 0 Å². The Morgan fingerprint density at radius 3 is 2.76 bits per heavy atom. The molecule has 0 saturated carbocycles. The summed E-state index contributed by atoms with van der Waals surface area (Å²) in [5.74, 6) is 0.904. The van der Waals surface area contributed by atoms with E-state index >= 15 is 0 Å². The zero-order valence-electron chi connectivity index (χ0n) is 12.8. The second kappa shape index (κ2) is 6.72. The van der Waals surface area contributed by atoms with Gasteiger partial charge in [-0.05, 0) is 31.9 Å². The maximum atomic E-state index is 10.9. The average Bonchev–Trinajstić information content (AvgIpc) is 2.88. The van der Waals surface area contributed by atoms with Gasteiger partial charge in [-0.3, -0.25) is 4.79 Å². The summed E-state index contributed by atoms with van der Waals surface area (Å²) >= 11 is 1.43. The third-order valence-corrected chi connectivity index (χ3v) is 4.77. The predicted molar refractivity (Wildman–Crippen MR) is 86.8 cm³/mol. The summed E-state index contributed by atoms with van der Waals surface area (Å²) in [6.45, 7) is 4.01. The number of para-hydroxylation sites is 1. The SMILES string of the molecule is COc1ccccc1CC(C)N(C)c1nc(C)c(C=O)s1. The number of likely N-dealkylation sites (N-methyl/N-ethyl adjacent to an activating group) is 1. The Morgan fingerprint density at radius 1 is 1.43 bits per heavy atom. The summed E-state index contributed by atoms with van der Waals surface area (Å²) in [4.78, 5) is 18.2. The first-order valence-corrected chi connectivity index (χ1v) is 7.65. The van der Waals surface area contributed by atoms with Crippen LogP contribution in [0.3, 0.4) is 0 Å². The van der Waals surface area contributed by atoms with E-state index in [9.17, 15) is 4.79 Å². The largest absolute Gasteiger partial charge is 0.496 e. The summed E-state index contributed by atoms with van der Waals surface area (Å²) in [6, 6.07) is 8.29. The van der Waals surface area contributed by atoms with E-state index < -0.39 is 0 Å². The van der Waals surface area contributed by atoms with Crippen molar-refractivity contribution in [1.29, 1.82) is 0 Å². The molecule has 1 unspecified atom stereocenters. The van der Waals surface area contributed by atoms with Gasteiger partial charge in [-0.15, -0.1) is 0 Å². The number of rotatable bonds is 6. The standard InChI is InChI=1S/C16H20N2O2S/c1-11(9-13-7-5-6-8-14(13)20-4)18(3)16-17-12(2)15(10-19)21-16/h5-8,10-11H,9H2,1-4H3. The van der Waals surface area contributed by atoms with Crippen LogP contribution < -0.4 is 9.64 Å². The number of thiazole rings is 1. The Kier molecular flexibility index (Phi) is 4.96. The van der Waals surface area contributed by atoms with E-state index in [1.165, 1.54) is 16.9 Å². The van der Waals surface area contributed by atoms with E-state index in [2.05, 4.69) is 22.9 Å². The number of hydrogen-bond acceptors (Lipinski definition) is 5. The topological polar surface area (TPSA) is 42.4 Å². The Labute approximate surface area is 129 Å². The van der Waals surface area contributed by atoms with Crippen LogP contribution in [0.4, 0.5) is 5.13 Å². The summed E-state index contributed by atoms with van der Waals surface area (Å²) in [5, 5.41) is 0.872. The number of benzene rings is 1. The van der Waals surface area contributed by atoms with Crippen molar-refractivity contribution in [1.82, 2.24) is 4.98 Å². The van der Waals surface area contributed by atoms with E-state index in [0.29, 0.717) is 4.88 Å². The van der Waals surface area contributed by atoms with Crippen LogP contribution in [0.1, 0.15) is 27.9 Å². The van der Waals surface area contributed by atoms with Crippen molar-refractivity contribution in [2.24, 2.45) is 0 Å². The summed E-state index contributed by atoms with van der Waals surface area (Å²) < 4.78 is 5.39. The van der Waals surface area contributed by atoms with Gasteiger partial charge in [0, 0.05) is 13.1 Å². The highest BCUT2D eigenvalue weighted by Crippen LogP contribution is 2.27. The van der Waals surface area contributed by atoms with Crippen LogP contribution in [0.25, 0.3) is 0 Å². The van der Waals surface area contributed by atoms with Crippen molar-refractivity contribution in [3.05, 3.63) is 40.4 Å². The van der Waals surface area contributed by atoms with Gasteiger partial charge in [0.25, 0.3) is 0 Å². The number of aromatic nitrogens is 1. The Hall–Kier alpha value is -1.88. The predicted octanol–water partition coefficient (Wildman–Crippen LogP) is 3.34. The highest BCUT2D eigenvalue weighted by Gasteiger charge is 2.17. The molecule has 5 heteroatoms. The molecule has 2 aromatic rings. The molecule has 0 N–H and O–H groups in total. The van der Waals surface area contributed by atoms with Crippen LogP contribution >= 0.6 is 11.3 Å². The minimum atomic E-state index is 0.256. The molecule has 0 saturated heterocycles. The van der Waals surface area contributed by atoms with Gasteiger partial charge in [-0.25, -0.2) is 4.98 Å². The molecule has 0 aliphatic rings. The minimum absolute atomic E-state index is 0.256. The van der Waals surface area contributed by atoms with E-state index in [0.717, 1.165) is 29.3 Å². The molecule has 1 atom stereocenters. The van der Waals surface area contributed by atoms with Crippen molar-refractivity contribution < 1.29 is 9.53 Å². The maximum absolute atomic E-state index is 10.9. The number of nitrogens with zero attached hydrogens (tertiary/aromatic N) is 2. The lowest BCUT2D eigenvalue weighted by Gasteiger charge is -2.25. The molecule has 112 valence electrons. The molecule has 2 rings (SSSR count). The fourth-order valence-corrected chi connectivity index (χ4v) is 3.11. The lowest BCUT2D eigenvalue weighted by Crippen LogP contribution is -2.30. The average molecular weight is 304 g/mol. The normalized spacial score (nSPS) is 12.0. The quantitative estimate of drug-likeness (QED) is 0.768. The molecule has 0 aliphatic carbocycles. The number of aldehydes is 1. The van der Waals surface area contributed by atoms with Gasteiger partial charge in [0.05, 0.1) is 17.7 Å². The number of aryl methyl sites for hydroxylation is 1. The molecule has 0 amide bonds. The molecular weight excluding hydrogens is 284 g/mol. The van der Waals surface area contributed by atoms with E-state index in [1.807, 2.05) is 32.2 Å². The fraction of sp³-hybridized carbons (Fsp3) is 0.375. The molecule has 4 nitrogen and oxygen atoms in total. The zero-order valence-corrected chi connectivity index (χ0v) is 13.6. The summed E-state index contributed by atoms with van der Waals surface area (Å²) in [6.07, 6.45) is 1.73. The van der Waals surface area contributed by atoms with Crippen LogP contribution in [-0.4, -0.2) is 31.5 Å². The molecule has 0 fully saturated rings. The van der Waals surface area contributed by atoms with Crippen LogP contribution in [0.2, 0.25) is 0 Å². The fourth-order valence-electron chi connectivity index (χ4n) is 2.17. The number of anilines is 1. The van der Waals surface area contributed by atoms with E-state index in [1.54, 1.807) is 7.11 Å². The molecule has 1 aromatic heterocycles. The second-order valence-corrected chi connectivity index (χ2v) is 6.05. The third-order valence-electron chi connectivity index (χ3n) is 3.60. The third kappa shape index (κ3) is 3.42. The Morgan fingerprint density at radius 2 is 2.14 bits per heavy atom. The van der Waals surface area contributed by atoms with Crippen LogP contribution in [0.15, 0.2) is 24.3 Å². The molecule has 0 bridgehead atoms. The van der Waals surface area contributed by atoms with Gasteiger partial charge in [-0.1, -0.05) is 29.5 Å². The Bertz CT molecular complexity index is 624. The molecular formula is C16H20N2O2S. The highest BCUT2D eigenvalue weighted by molar-refractivity contribution is 7.17. The second-order valence-electron chi connectivity index (χ2n) is 5.04. The number of carbonyl (C=O) groups is 1. The lowest BCUT2D eigenvalue weighted by atomic mass is 10.1. The van der Waals surface area contributed by atoms with E-state index in [4.69, 9.17) is 4.74 Å². The van der Waals surface area contributed by atoms with E-state index in [-0.39, 0.29) is 6.04 Å². The molecule has 1 aromatic carbocycles. The highest BCUT2D eigenvalue weighted by atomic mass is 32.1. The molecule has 1 heterocycles. The number of methoxy groups -OCH3 is 1. The number of hydrogen-bond donors (Lipinski definition) is 0. The molecule has 0 spiro atoms. The summed E-state index contributed by atoms with van der Waals surface area (Å²) in [5.41, 5.74) is 1.96. The number of carbonyl (C=O) groups excluding carboxylic acids is 1. The van der Waals surface area contributed by atoms with Crippen molar-refractivity contribution in [2.45, 2.75) is 26.3 Å².